The van der Waals surface area contributed by atoms with E-state index in [1.165, 1.54) is 12.1 Å². The van der Waals surface area contributed by atoms with Gasteiger partial charge in [0.1, 0.15) is 11.4 Å². The predicted octanol–water partition coefficient (Wildman–Crippen LogP) is 6.69. The lowest BCUT2D eigenvalue weighted by Crippen LogP contribution is -2.21. The van der Waals surface area contributed by atoms with Crippen molar-refractivity contribution in [3.63, 3.8) is 0 Å². The fourth-order valence-electron chi connectivity index (χ4n) is 4.49. The highest BCUT2D eigenvalue weighted by Gasteiger charge is 2.33. The van der Waals surface area contributed by atoms with Gasteiger partial charge in [0.2, 0.25) is 0 Å². The summed E-state index contributed by atoms with van der Waals surface area (Å²) in [5.41, 5.74) is -1.47. The Bertz CT molecular complexity index is 1200. The Kier molecular flexibility index (Phi) is 6.95. The quantitative estimate of drug-likeness (QED) is 0.386. The van der Waals surface area contributed by atoms with Crippen LogP contribution >= 0.6 is 0 Å². The number of carbonyl (C=O) groups excluding carboxylic acids is 1. The maximum absolute atomic E-state index is 13.0. The third kappa shape index (κ3) is 5.71. The summed E-state index contributed by atoms with van der Waals surface area (Å²) in [6.07, 6.45) is 1.08. The zero-order valence-corrected chi connectivity index (χ0v) is 19.1. The third-order valence-electron chi connectivity index (χ3n) is 6.42. The Labute approximate surface area is 198 Å². The van der Waals surface area contributed by atoms with Gasteiger partial charge in [0.05, 0.1) is 17.2 Å². The molecule has 1 aromatic carbocycles. The zero-order valence-electron chi connectivity index (χ0n) is 19.1. The molecule has 1 saturated carbocycles. The lowest BCUT2D eigenvalue weighted by Gasteiger charge is -2.30. The van der Waals surface area contributed by atoms with E-state index >= 15 is 0 Å². The highest BCUT2D eigenvalue weighted by Crippen LogP contribution is 2.37. The second-order valence-electron chi connectivity index (χ2n) is 9.07. The van der Waals surface area contributed by atoms with Gasteiger partial charge in [0.25, 0.3) is 5.91 Å². The van der Waals surface area contributed by atoms with Crippen LogP contribution in [0.25, 0.3) is 10.9 Å². The van der Waals surface area contributed by atoms with Crippen LogP contribution in [0.5, 0.6) is 5.75 Å². The summed E-state index contributed by atoms with van der Waals surface area (Å²) in [6, 6.07) is 5.75. The minimum absolute atomic E-state index is 0.120. The largest absolute Gasteiger partial charge is 0.433 e. The topological polar surface area (TPSA) is 69.0 Å². The molecular weight excluding hydrogens is 471 g/mol. The number of nitrogens with one attached hydrogen (secondary N) is 1. The Morgan fingerprint density at radius 3 is 2.49 bits per heavy atom. The molecule has 11 heteroatoms. The van der Waals surface area contributed by atoms with Crippen molar-refractivity contribution < 1.29 is 31.5 Å². The Balaban J connectivity index is 1.61. The molecule has 0 saturated heterocycles. The first-order valence-electron chi connectivity index (χ1n) is 11.3. The number of fused-ring (bicyclic) bond motifs is 1. The highest BCUT2D eigenvalue weighted by molar-refractivity contribution is 6.05. The summed E-state index contributed by atoms with van der Waals surface area (Å²) in [4.78, 5) is 15.9. The smallest absolute Gasteiger partial charge is 0.433 e. The lowest BCUT2D eigenvalue weighted by molar-refractivity contribution is -0.141. The number of aromatic nitrogens is 3. The maximum atomic E-state index is 13.0. The molecule has 1 amide bonds. The van der Waals surface area contributed by atoms with Crippen LogP contribution in [0.2, 0.25) is 0 Å². The van der Waals surface area contributed by atoms with Crippen molar-refractivity contribution >= 4 is 22.5 Å². The van der Waals surface area contributed by atoms with E-state index in [1.807, 2.05) is 4.68 Å². The summed E-state index contributed by atoms with van der Waals surface area (Å²) in [7, 11) is 0. The molecule has 188 valence electrons. The number of amides is 1. The van der Waals surface area contributed by atoms with E-state index in [0.29, 0.717) is 22.7 Å². The molecule has 1 fully saturated rings. The molecule has 0 unspecified atom stereocenters. The molecule has 6 nitrogen and oxygen atoms in total. The summed E-state index contributed by atoms with van der Waals surface area (Å²) >= 11 is 0. The summed E-state index contributed by atoms with van der Waals surface area (Å²) in [6.45, 7) is 1.24. The van der Waals surface area contributed by atoms with Gasteiger partial charge >= 0.3 is 12.8 Å². The molecule has 0 aliphatic heterocycles. The van der Waals surface area contributed by atoms with Gasteiger partial charge in [0.15, 0.2) is 5.75 Å². The fourth-order valence-corrected chi connectivity index (χ4v) is 4.49. The minimum atomic E-state index is -4.73. The summed E-state index contributed by atoms with van der Waals surface area (Å²) < 4.78 is 71.3. The Morgan fingerprint density at radius 2 is 1.86 bits per heavy atom. The van der Waals surface area contributed by atoms with Crippen LogP contribution in [0.3, 0.4) is 0 Å². The number of alkyl halides is 5. The second-order valence-corrected chi connectivity index (χ2v) is 9.07. The molecule has 1 aliphatic carbocycles. The first kappa shape index (κ1) is 24.9. The van der Waals surface area contributed by atoms with Gasteiger partial charge in [-0.3, -0.25) is 9.48 Å². The molecule has 2 heterocycles. The third-order valence-corrected chi connectivity index (χ3v) is 6.42. The summed E-state index contributed by atoms with van der Waals surface area (Å²) in [5, 5.41) is 7.45. The average Bonchev–Trinajstić information content (AvgIpc) is 3.21. The average molecular weight is 496 g/mol. The van der Waals surface area contributed by atoms with Crippen LogP contribution in [-0.2, 0) is 6.18 Å². The van der Waals surface area contributed by atoms with E-state index in [1.54, 1.807) is 6.20 Å². The van der Waals surface area contributed by atoms with Gasteiger partial charge in [-0.25, -0.2) is 4.98 Å². The number of ether oxygens (including phenoxy) is 1. The molecule has 2 aromatic heterocycles. The Morgan fingerprint density at radius 1 is 1.14 bits per heavy atom. The number of pyridine rings is 1. The first-order valence-corrected chi connectivity index (χ1v) is 11.3. The molecule has 0 spiro atoms. The molecule has 0 atom stereocenters. The van der Waals surface area contributed by atoms with Gasteiger partial charge in [-0.15, -0.1) is 0 Å². The van der Waals surface area contributed by atoms with Gasteiger partial charge < -0.3 is 10.1 Å². The van der Waals surface area contributed by atoms with Crippen molar-refractivity contribution in [3.05, 3.63) is 47.9 Å². The molecular formula is C24H25F5N4O2. The number of hydrogen-bond acceptors (Lipinski definition) is 4. The maximum Gasteiger partial charge on any atom is 0.433 e. The Hall–Kier alpha value is -3.24. The van der Waals surface area contributed by atoms with Gasteiger partial charge in [-0.05, 0) is 55.7 Å². The van der Waals surface area contributed by atoms with E-state index in [-0.39, 0.29) is 17.5 Å². The van der Waals surface area contributed by atoms with Crippen LogP contribution in [0.15, 0.2) is 36.5 Å². The van der Waals surface area contributed by atoms with Crippen molar-refractivity contribution in [1.29, 1.82) is 0 Å². The molecule has 1 aliphatic rings. The van der Waals surface area contributed by atoms with Crippen LogP contribution in [0, 0.1) is 11.8 Å². The highest BCUT2D eigenvalue weighted by atomic mass is 19.4. The standard InChI is InChI=1S/C24H25F5N4O2/c1-13(2)14-6-8-16(9-7-14)33-12-15-10-19(20(35-23(25)26)11-18(15)32-33)31-22(34)17-4-3-5-21(30-17)24(27,28)29/h3-5,10-14,16,23H,6-9H2,1-2H3,(H,31,34). The van der Waals surface area contributed by atoms with Crippen LogP contribution in [-0.4, -0.2) is 27.3 Å². The monoisotopic (exact) mass is 496 g/mol. The number of carbonyl (C=O) groups is 1. The van der Waals surface area contributed by atoms with E-state index in [2.05, 4.69) is 34.0 Å². The number of anilines is 1. The van der Waals surface area contributed by atoms with Crippen LogP contribution in [0.4, 0.5) is 27.6 Å². The van der Waals surface area contributed by atoms with Crippen molar-refractivity contribution in [3.8, 4) is 5.75 Å². The minimum Gasteiger partial charge on any atom is -0.433 e. The van der Waals surface area contributed by atoms with Crippen molar-refractivity contribution in [2.24, 2.45) is 11.8 Å². The van der Waals surface area contributed by atoms with Gasteiger partial charge in [-0.1, -0.05) is 19.9 Å². The van der Waals surface area contributed by atoms with E-state index < -0.39 is 30.1 Å². The van der Waals surface area contributed by atoms with Crippen LogP contribution < -0.4 is 10.1 Å². The van der Waals surface area contributed by atoms with Crippen molar-refractivity contribution in [2.45, 2.75) is 58.4 Å². The van der Waals surface area contributed by atoms with Crippen molar-refractivity contribution in [2.75, 3.05) is 5.32 Å². The number of nitrogens with zero attached hydrogens (tertiary/aromatic N) is 3. The van der Waals surface area contributed by atoms with E-state index in [0.717, 1.165) is 43.9 Å². The lowest BCUT2D eigenvalue weighted by atomic mass is 9.80. The molecule has 3 aromatic rings. The van der Waals surface area contributed by atoms with Crippen LogP contribution in [0.1, 0.15) is 61.8 Å². The zero-order chi connectivity index (χ0) is 25.3. The SMILES string of the molecule is CC(C)C1CCC(n2cc3cc(NC(=O)c4cccc(C(F)(F)F)n4)c(OC(F)F)cc3n2)CC1. The number of halogens is 5. The predicted molar refractivity (Wildman–Crippen MR) is 119 cm³/mol. The van der Waals surface area contributed by atoms with Crippen molar-refractivity contribution in [1.82, 2.24) is 14.8 Å². The summed E-state index contributed by atoms with van der Waals surface area (Å²) in [5.74, 6) is -0.0664. The number of hydrogen-bond donors (Lipinski definition) is 1. The molecule has 0 radical (unpaired) electrons. The molecule has 1 N–H and O–H groups in total. The molecule has 4 rings (SSSR count). The van der Waals surface area contributed by atoms with E-state index in [4.69, 9.17) is 0 Å². The molecule has 35 heavy (non-hydrogen) atoms. The number of benzene rings is 1. The fraction of sp³-hybridized carbons (Fsp3) is 0.458. The first-order chi connectivity index (χ1) is 16.5. The van der Waals surface area contributed by atoms with E-state index in [9.17, 15) is 26.7 Å². The second kappa shape index (κ2) is 9.79. The number of rotatable bonds is 6. The normalized spacial score (nSPS) is 18.9. The van der Waals surface area contributed by atoms with Gasteiger partial charge in [-0.2, -0.15) is 27.1 Å². The molecule has 0 bridgehead atoms. The van der Waals surface area contributed by atoms with Gasteiger partial charge in [0, 0.05) is 17.6 Å².